The van der Waals surface area contributed by atoms with Gasteiger partial charge in [-0.05, 0) is 55.4 Å². The van der Waals surface area contributed by atoms with E-state index >= 15 is 0 Å². The van der Waals surface area contributed by atoms with E-state index in [0.717, 1.165) is 26.0 Å². The summed E-state index contributed by atoms with van der Waals surface area (Å²) in [6.45, 7) is 4.18. The van der Waals surface area contributed by atoms with Crippen molar-refractivity contribution in [3.05, 3.63) is 56.8 Å². The molecule has 0 atom stereocenters. The molecule has 0 amide bonds. The van der Waals surface area contributed by atoms with Gasteiger partial charge in [-0.2, -0.15) is 0 Å². The summed E-state index contributed by atoms with van der Waals surface area (Å²) in [6, 6.07) is 12.5. The fraction of sp³-hybridized carbons (Fsp3) is 0.133. The van der Waals surface area contributed by atoms with E-state index in [1.165, 1.54) is 11.1 Å². The van der Waals surface area contributed by atoms with Crippen LogP contribution in [0.1, 0.15) is 11.1 Å². The van der Waals surface area contributed by atoms with Crippen molar-refractivity contribution >= 4 is 39.2 Å². The number of aromatic amines is 1. The molecule has 3 rings (SSSR count). The Labute approximate surface area is 125 Å². The lowest BCUT2D eigenvalue weighted by Gasteiger charge is -2.08. The molecule has 0 fully saturated rings. The number of hydrogen-bond acceptors (Lipinski definition) is 1. The molecular weight excluding hydrogens is 320 g/mol. The Kier molecular flexibility index (Phi) is 3.07. The Morgan fingerprint density at radius 2 is 1.89 bits per heavy atom. The maximum Gasteiger partial charge on any atom is 0.182 e. The SMILES string of the molecule is Cc1ccc(-n2c(=S)[nH]c3cccc(C)c32)cc1Br. The second-order valence-corrected chi connectivity index (χ2v) is 5.91. The molecule has 3 aromatic rings. The van der Waals surface area contributed by atoms with E-state index in [2.05, 4.69) is 69.7 Å². The van der Waals surface area contributed by atoms with Crippen molar-refractivity contribution in [1.82, 2.24) is 9.55 Å². The molecule has 0 aliphatic heterocycles. The number of nitrogens with one attached hydrogen (secondary N) is 1. The lowest BCUT2D eigenvalue weighted by Crippen LogP contribution is -1.96. The van der Waals surface area contributed by atoms with E-state index in [9.17, 15) is 0 Å². The summed E-state index contributed by atoms with van der Waals surface area (Å²) in [4.78, 5) is 3.26. The summed E-state index contributed by atoms with van der Waals surface area (Å²) < 4.78 is 3.90. The zero-order valence-electron chi connectivity index (χ0n) is 10.7. The van der Waals surface area contributed by atoms with Crippen molar-refractivity contribution in [2.45, 2.75) is 13.8 Å². The molecular formula is C15H13BrN2S. The Bertz CT molecular complexity index is 830. The summed E-state index contributed by atoms with van der Waals surface area (Å²) in [6.07, 6.45) is 0. The third kappa shape index (κ3) is 2.05. The minimum atomic E-state index is 0.722. The van der Waals surface area contributed by atoms with Gasteiger partial charge in [-0.3, -0.25) is 4.57 Å². The van der Waals surface area contributed by atoms with Crippen molar-refractivity contribution in [2.75, 3.05) is 0 Å². The summed E-state index contributed by atoms with van der Waals surface area (Å²) in [5.41, 5.74) is 5.71. The third-order valence-corrected chi connectivity index (χ3v) is 4.46. The Hall–Kier alpha value is -1.39. The number of fused-ring (bicyclic) bond motifs is 1. The van der Waals surface area contributed by atoms with Gasteiger partial charge in [0.05, 0.1) is 11.0 Å². The minimum Gasteiger partial charge on any atom is -0.330 e. The molecule has 4 heteroatoms. The van der Waals surface area contributed by atoms with Gasteiger partial charge in [0.2, 0.25) is 0 Å². The summed E-state index contributed by atoms with van der Waals surface area (Å²) in [5, 5.41) is 0. The Morgan fingerprint density at radius 1 is 1.11 bits per heavy atom. The summed E-state index contributed by atoms with van der Waals surface area (Å²) in [7, 11) is 0. The standard InChI is InChI=1S/C15H13BrN2S/c1-9-6-7-11(8-12(9)16)18-14-10(2)4-3-5-13(14)17-15(18)19/h3-8H,1-2H3,(H,17,19). The van der Waals surface area contributed by atoms with Crippen molar-refractivity contribution < 1.29 is 0 Å². The molecule has 0 radical (unpaired) electrons. The van der Waals surface area contributed by atoms with Crippen LogP contribution in [0.5, 0.6) is 0 Å². The average Bonchev–Trinajstić information content (AvgIpc) is 2.70. The van der Waals surface area contributed by atoms with Crippen LogP contribution in [-0.4, -0.2) is 9.55 Å². The molecule has 0 aliphatic carbocycles. The van der Waals surface area contributed by atoms with E-state index in [0.29, 0.717) is 0 Å². The van der Waals surface area contributed by atoms with Gasteiger partial charge in [-0.15, -0.1) is 0 Å². The van der Waals surface area contributed by atoms with Crippen molar-refractivity contribution in [3.63, 3.8) is 0 Å². The third-order valence-electron chi connectivity index (χ3n) is 3.32. The number of aromatic nitrogens is 2. The number of rotatable bonds is 1. The molecule has 2 aromatic carbocycles. The Morgan fingerprint density at radius 3 is 2.63 bits per heavy atom. The molecule has 96 valence electrons. The van der Waals surface area contributed by atoms with Gasteiger partial charge >= 0.3 is 0 Å². The molecule has 0 bridgehead atoms. The maximum absolute atomic E-state index is 5.46. The molecule has 1 heterocycles. The number of nitrogens with zero attached hydrogens (tertiary/aromatic N) is 1. The number of benzene rings is 2. The predicted octanol–water partition coefficient (Wildman–Crippen LogP) is 5.07. The molecule has 0 saturated carbocycles. The van der Waals surface area contributed by atoms with Crippen molar-refractivity contribution in [2.24, 2.45) is 0 Å². The molecule has 1 aromatic heterocycles. The first-order valence-electron chi connectivity index (χ1n) is 6.05. The van der Waals surface area contributed by atoms with Gasteiger partial charge in [-0.1, -0.05) is 34.1 Å². The lowest BCUT2D eigenvalue weighted by atomic mass is 10.2. The topological polar surface area (TPSA) is 20.7 Å². The highest BCUT2D eigenvalue weighted by molar-refractivity contribution is 9.10. The van der Waals surface area contributed by atoms with E-state index in [-0.39, 0.29) is 0 Å². The fourth-order valence-electron chi connectivity index (χ4n) is 2.30. The van der Waals surface area contributed by atoms with Gasteiger partial charge in [0, 0.05) is 10.2 Å². The van der Waals surface area contributed by atoms with E-state index < -0.39 is 0 Å². The van der Waals surface area contributed by atoms with Gasteiger partial charge < -0.3 is 4.98 Å². The van der Waals surface area contributed by atoms with Crippen LogP contribution in [0.3, 0.4) is 0 Å². The number of aryl methyl sites for hydroxylation is 2. The van der Waals surface area contributed by atoms with Crippen molar-refractivity contribution in [3.8, 4) is 5.69 Å². The number of imidazole rings is 1. The van der Waals surface area contributed by atoms with Crippen LogP contribution in [-0.2, 0) is 0 Å². The van der Waals surface area contributed by atoms with Gasteiger partial charge in [0.1, 0.15) is 0 Å². The zero-order chi connectivity index (χ0) is 13.6. The first kappa shape index (κ1) is 12.6. The van der Waals surface area contributed by atoms with Crippen LogP contribution < -0.4 is 0 Å². The van der Waals surface area contributed by atoms with E-state index in [1.54, 1.807) is 0 Å². The number of H-pyrrole nitrogens is 1. The van der Waals surface area contributed by atoms with Crippen LogP contribution >= 0.6 is 28.1 Å². The first-order valence-corrected chi connectivity index (χ1v) is 7.25. The van der Waals surface area contributed by atoms with E-state index in [4.69, 9.17) is 12.2 Å². The summed E-state index contributed by atoms with van der Waals surface area (Å²) in [5.74, 6) is 0. The van der Waals surface area contributed by atoms with Crippen LogP contribution in [0, 0.1) is 18.6 Å². The second-order valence-electron chi connectivity index (χ2n) is 4.67. The maximum atomic E-state index is 5.46. The first-order chi connectivity index (χ1) is 9.08. The number of para-hydroxylation sites is 1. The fourth-order valence-corrected chi connectivity index (χ4v) is 2.97. The highest BCUT2D eigenvalue weighted by atomic mass is 79.9. The molecule has 19 heavy (non-hydrogen) atoms. The smallest absolute Gasteiger partial charge is 0.182 e. The molecule has 0 spiro atoms. The molecule has 0 unspecified atom stereocenters. The van der Waals surface area contributed by atoms with Gasteiger partial charge in [0.15, 0.2) is 4.77 Å². The highest BCUT2D eigenvalue weighted by Crippen LogP contribution is 2.25. The lowest BCUT2D eigenvalue weighted by molar-refractivity contribution is 1.06. The molecule has 0 aliphatic rings. The van der Waals surface area contributed by atoms with Crippen LogP contribution in [0.25, 0.3) is 16.7 Å². The Balaban J connectivity index is 2.39. The van der Waals surface area contributed by atoms with Gasteiger partial charge in [0.25, 0.3) is 0 Å². The van der Waals surface area contributed by atoms with Gasteiger partial charge in [-0.25, -0.2) is 0 Å². The largest absolute Gasteiger partial charge is 0.330 e. The minimum absolute atomic E-state index is 0.722. The molecule has 0 saturated heterocycles. The van der Waals surface area contributed by atoms with E-state index in [1.807, 2.05) is 6.07 Å². The predicted molar refractivity (Wildman–Crippen MR) is 85.6 cm³/mol. The van der Waals surface area contributed by atoms with Crippen LogP contribution in [0.2, 0.25) is 0 Å². The number of hydrogen-bond donors (Lipinski definition) is 1. The van der Waals surface area contributed by atoms with Crippen LogP contribution in [0.4, 0.5) is 0 Å². The second kappa shape index (κ2) is 4.62. The highest BCUT2D eigenvalue weighted by Gasteiger charge is 2.09. The van der Waals surface area contributed by atoms with Crippen molar-refractivity contribution in [1.29, 1.82) is 0 Å². The quantitative estimate of drug-likeness (QED) is 0.617. The summed E-state index contributed by atoms with van der Waals surface area (Å²) >= 11 is 9.04. The zero-order valence-corrected chi connectivity index (χ0v) is 13.1. The average molecular weight is 333 g/mol. The molecule has 2 nitrogen and oxygen atoms in total. The van der Waals surface area contributed by atoms with Crippen LogP contribution in [0.15, 0.2) is 40.9 Å². The monoisotopic (exact) mass is 332 g/mol. The normalized spacial score (nSPS) is 11.1. The number of halogens is 1. The molecule has 1 N–H and O–H groups in total.